The molecule has 1 rings (SSSR count). The number of hydrogen-bond acceptors (Lipinski definition) is 1. The van der Waals surface area contributed by atoms with Crippen LogP contribution in [0, 0.1) is 5.92 Å². The van der Waals surface area contributed by atoms with Crippen molar-refractivity contribution in [1.82, 2.24) is 0 Å². The number of thioether (sulfide) groups is 1. The second-order valence-corrected chi connectivity index (χ2v) is 4.51. The van der Waals surface area contributed by atoms with Crippen LogP contribution < -0.4 is 0 Å². The Bertz CT molecular complexity index is 140. The highest BCUT2D eigenvalue weighted by Gasteiger charge is 2.23. The maximum absolute atomic E-state index is 4.07. The van der Waals surface area contributed by atoms with Crippen LogP contribution in [0.2, 0.25) is 0 Å². The second kappa shape index (κ2) is 4.20. The summed E-state index contributed by atoms with van der Waals surface area (Å²) in [6.45, 7) is 6.38. The molecule has 0 nitrogen and oxygen atoms in total. The minimum atomic E-state index is 0.862. The Hall–Kier alpha value is 0.0900. The van der Waals surface area contributed by atoms with E-state index in [9.17, 15) is 0 Å². The first-order valence-electron chi connectivity index (χ1n) is 4.47. The highest BCUT2D eigenvalue weighted by Crippen LogP contribution is 2.35. The van der Waals surface area contributed by atoms with E-state index in [1.807, 2.05) is 11.8 Å². The Morgan fingerprint density at radius 1 is 1.64 bits per heavy atom. The zero-order valence-corrected chi connectivity index (χ0v) is 8.41. The van der Waals surface area contributed by atoms with Gasteiger partial charge in [-0.05, 0) is 31.4 Å². The molecular weight excluding hydrogens is 152 g/mol. The molecule has 64 valence electrons. The van der Waals surface area contributed by atoms with Gasteiger partial charge in [-0.3, -0.25) is 0 Å². The van der Waals surface area contributed by atoms with Crippen LogP contribution in [-0.4, -0.2) is 11.5 Å². The average Bonchev–Trinajstić information content (AvgIpc) is 2.04. The van der Waals surface area contributed by atoms with Crippen LogP contribution in [-0.2, 0) is 0 Å². The fourth-order valence-corrected chi connectivity index (χ4v) is 2.99. The zero-order chi connectivity index (χ0) is 8.27. The molecule has 1 heteroatoms. The van der Waals surface area contributed by atoms with Crippen LogP contribution in [0.1, 0.15) is 32.6 Å². The SMILES string of the molecule is C=C1CCC(CC)C(SC)C1. The minimum Gasteiger partial charge on any atom is -0.161 e. The number of rotatable bonds is 2. The highest BCUT2D eigenvalue weighted by molar-refractivity contribution is 7.99. The fourth-order valence-electron chi connectivity index (χ4n) is 1.87. The van der Waals surface area contributed by atoms with Gasteiger partial charge in [-0.25, -0.2) is 0 Å². The highest BCUT2D eigenvalue weighted by atomic mass is 32.2. The van der Waals surface area contributed by atoms with Crippen LogP contribution in [0.25, 0.3) is 0 Å². The minimum absolute atomic E-state index is 0.862. The molecule has 0 aliphatic heterocycles. The van der Waals surface area contributed by atoms with E-state index in [1.54, 1.807) is 0 Å². The smallest absolute Gasteiger partial charge is 0.0110 e. The Morgan fingerprint density at radius 2 is 2.36 bits per heavy atom. The summed E-state index contributed by atoms with van der Waals surface area (Å²) in [5, 5.41) is 0.862. The molecule has 0 bridgehead atoms. The Kier molecular flexibility index (Phi) is 3.50. The largest absolute Gasteiger partial charge is 0.161 e. The van der Waals surface area contributed by atoms with Crippen LogP contribution in [0.5, 0.6) is 0 Å². The van der Waals surface area contributed by atoms with Gasteiger partial charge in [-0.15, -0.1) is 0 Å². The van der Waals surface area contributed by atoms with Crippen LogP contribution >= 0.6 is 11.8 Å². The molecule has 11 heavy (non-hydrogen) atoms. The van der Waals surface area contributed by atoms with Gasteiger partial charge < -0.3 is 0 Å². The lowest BCUT2D eigenvalue weighted by atomic mass is 9.84. The maximum atomic E-state index is 4.07. The lowest BCUT2D eigenvalue weighted by molar-refractivity contribution is 0.411. The van der Waals surface area contributed by atoms with E-state index in [-0.39, 0.29) is 0 Å². The average molecular weight is 170 g/mol. The Labute approximate surface area is 74.5 Å². The fraction of sp³-hybridized carbons (Fsp3) is 0.800. The van der Waals surface area contributed by atoms with Crippen LogP contribution in [0.4, 0.5) is 0 Å². The molecule has 0 spiro atoms. The van der Waals surface area contributed by atoms with E-state index in [1.165, 1.54) is 31.3 Å². The molecule has 0 aromatic rings. The summed E-state index contributed by atoms with van der Waals surface area (Å²) in [6, 6.07) is 0. The normalized spacial score (nSPS) is 32.4. The third-order valence-corrected chi connectivity index (χ3v) is 3.87. The lowest BCUT2D eigenvalue weighted by Crippen LogP contribution is -2.21. The van der Waals surface area contributed by atoms with Crippen molar-refractivity contribution in [3.8, 4) is 0 Å². The van der Waals surface area contributed by atoms with Gasteiger partial charge in [0.05, 0.1) is 0 Å². The topological polar surface area (TPSA) is 0 Å². The first kappa shape index (κ1) is 9.18. The second-order valence-electron chi connectivity index (χ2n) is 3.44. The zero-order valence-electron chi connectivity index (χ0n) is 7.60. The van der Waals surface area contributed by atoms with Gasteiger partial charge >= 0.3 is 0 Å². The number of hydrogen-bond donors (Lipinski definition) is 0. The van der Waals surface area contributed by atoms with E-state index >= 15 is 0 Å². The summed E-state index contributed by atoms with van der Waals surface area (Å²) >= 11 is 2.02. The van der Waals surface area contributed by atoms with Gasteiger partial charge in [0.1, 0.15) is 0 Å². The van der Waals surface area contributed by atoms with E-state index in [0.717, 1.165) is 11.2 Å². The predicted octanol–water partition coefficient (Wildman–Crippen LogP) is 3.48. The molecule has 2 unspecified atom stereocenters. The molecule has 0 heterocycles. The van der Waals surface area contributed by atoms with Crippen molar-refractivity contribution >= 4 is 11.8 Å². The van der Waals surface area contributed by atoms with E-state index in [4.69, 9.17) is 0 Å². The van der Waals surface area contributed by atoms with Gasteiger partial charge in [-0.2, -0.15) is 11.8 Å². The molecule has 0 saturated heterocycles. The first-order chi connectivity index (χ1) is 5.27. The maximum Gasteiger partial charge on any atom is 0.0110 e. The Balaban J connectivity index is 2.48. The van der Waals surface area contributed by atoms with Crippen molar-refractivity contribution in [2.45, 2.75) is 37.9 Å². The van der Waals surface area contributed by atoms with Crippen molar-refractivity contribution in [3.63, 3.8) is 0 Å². The van der Waals surface area contributed by atoms with E-state index in [0.29, 0.717) is 0 Å². The summed E-state index contributed by atoms with van der Waals surface area (Å²) in [6.07, 6.45) is 7.49. The molecule has 0 N–H and O–H groups in total. The molecule has 1 fully saturated rings. The third-order valence-electron chi connectivity index (χ3n) is 2.71. The monoisotopic (exact) mass is 170 g/mol. The lowest BCUT2D eigenvalue weighted by Gasteiger charge is -2.30. The summed E-state index contributed by atoms with van der Waals surface area (Å²) < 4.78 is 0. The summed E-state index contributed by atoms with van der Waals surface area (Å²) in [5.74, 6) is 0.954. The first-order valence-corrected chi connectivity index (χ1v) is 5.76. The van der Waals surface area contributed by atoms with Crippen molar-refractivity contribution in [3.05, 3.63) is 12.2 Å². The predicted molar refractivity (Wildman–Crippen MR) is 54.1 cm³/mol. The van der Waals surface area contributed by atoms with Crippen molar-refractivity contribution < 1.29 is 0 Å². The molecule has 0 amide bonds. The van der Waals surface area contributed by atoms with Crippen molar-refractivity contribution in [2.24, 2.45) is 5.92 Å². The summed E-state index contributed by atoms with van der Waals surface area (Å²) in [5.41, 5.74) is 1.47. The molecule has 0 aromatic heterocycles. The van der Waals surface area contributed by atoms with Gasteiger partial charge in [0, 0.05) is 5.25 Å². The van der Waals surface area contributed by atoms with Crippen molar-refractivity contribution in [1.29, 1.82) is 0 Å². The molecule has 1 saturated carbocycles. The molecular formula is C10H18S. The van der Waals surface area contributed by atoms with Crippen LogP contribution in [0.3, 0.4) is 0 Å². The van der Waals surface area contributed by atoms with Gasteiger partial charge in [-0.1, -0.05) is 25.5 Å². The standard InChI is InChI=1S/C10H18S/c1-4-9-6-5-8(2)7-10(9)11-3/h9-10H,2,4-7H2,1,3H3. The van der Waals surface area contributed by atoms with E-state index in [2.05, 4.69) is 19.8 Å². The van der Waals surface area contributed by atoms with E-state index < -0.39 is 0 Å². The molecule has 1 aliphatic rings. The quantitative estimate of drug-likeness (QED) is 0.572. The van der Waals surface area contributed by atoms with Gasteiger partial charge in [0.15, 0.2) is 0 Å². The molecule has 2 atom stereocenters. The molecule has 1 aliphatic carbocycles. The third kappa shape index (κ3) is 2.26. The van der Waals surface area contributed by atoms with Gasteiger partial charge in [0.25, 0.3) is 0 Å². The summed E-state index contributed by atoms with van der Waals surface area (Å²) in [7, 11) is 0. The summed E-state index contributed by atoms with van der Waals surface area (Å²) in [4.78, 5) is 0. The van der Waals surface area contributed by atoms with Crippen molar-refractivity contribution in [2.75, 3.05) is 6.26 Å². The van der Waals surface area contributed by atoms with Crippen LogP contribution in [0.15, 0.2) is 12.2 Å². The van der Waals surface area contributed by atoms with Gasteiger partial charge in [0.2, 0.25) is 0 Å². The Morgan fingerprint density at radius 3 is 2.91 bits per heavy atom. The molecule has 0 aromatic carbocycles. The number of allylic oxidation sites excluding steroid dienone is 1. The molecule has 0 radical (unpaired) electrons.